The maximum Gasteiger partial charge on any atom is 0.250 e. The average Bonchev–Trinajstić information content (AvgIpc) is 2.98. The summed E-state index contributed by atoms with van der Waals surface area (Å²) in [6.07, 6.45) is 0.903. The van der Waals surface area contributed by atoms with Gasteiger partial charge in [-0.25, -0.2) is 0 Å². The zero-order chi connectivity index (χ0) is 18.2. The molecule has 0 saturated heterocycles. The van der Waals surface area contributed by atoms with Crippen LogP contribution in [0.1, 0.15) is 31.1 Å². The maximum absolute atomic E-state index is 11.4. The van der Waals surface area contributed by atoms with Gasteiger partial charge in [0.05, 0.1) is 0 Å². The summed E-state index contributed by atoms with van der Waals surface area (Å²) in [5.74, 6) is 0.838. The van der Waals surface area contributed by atoms with Crippen molar-refractivity contribution in [1.29, 1.82) is 0 Å². The molecule has 0 aliphatic carbocycles. The van der Waals surface area contributed by atoms with Crippen LogP contribution in [-0.4, -0.2) is 14.6 Å². The van der Waals surface area contributed by atoms with Crippen molar-refractivity contribution in [3.05, 3.63) is 54.1 Å². The summed E-state index contributed by atoms with van der Waals surface area (Å²) in [6.45, 7) is 11.1. The van der Waals surface area contributed by atoms with E-state index in [0.29, 0.717) is 5.56 Å². The molecule has 0 radical (unpaired) electrons. The van der Waals surface area contributed by atoms with Crippen LogP contribution in [-0.2, 0) is 0 Å². The van der Waals surface area contributed by atoms with Crippen molar-refractivity contribution in [3.8, 4) is 16.2 Å². The van der Waals surface area contributed by atoms with E-state index in [1.165, 1.54) is 10.4 Å². The Labute approximate surface area is 154 Å². The number of fused-ring (bicyclic) bond motifs is 1. The quantitative estimate of drug-likeness (QED) is 0.375. The van der Waals surface area contributed by atoms with Crippen molar-refractivity contribution in [2.24, 2.45) is 0 Å². The molecule has 0 unspecified atom stereocenters. The fraction of sp³-hybridized carbons (Fsp3) is 0.286. The molecule has 2 aromatic carbocycles. The Balaban J connectivity index is 2.14. The summed E-state index contributed by atoms with van der Waals surface area (Å²) in [5.41, 5.74) is 1.86. The van der Waals surface area contributed by atoms with Gasteiger partial charge in [-0.2, -0.15) is 0 Å². The number of rotatable bonds is 4. The van der Waals surface area contributed by atoms with Crippen LogP contribution < -0.4 is 4.43 Å². The van der Waals surface area contributed by atoms with Crippen molar-refractivity contribution < 1.29 is 9.22 Å². The molecule has 0 atom stereocenters. The molecule has 4 heteroatoms. The first kappa shape index (κ1) is 17.9. The molecule has 0 aliphatic rings. The van der Waals surface area contributed by atoms with Crippen LogP contribution in [0.3, 0.4) is 0 Å². The lowest BCUT2D eigenvalue weighted by Crippen LogP contribution is -2.43. The largest absolute Gasteiger partial charge is 0.543 e. The normalized spacial score (nSPS) is 12.4. The number of hydrogen-bond donors (Lipinski definition) is 0. The minimum atomic E-state index is -1.98. The standard InChI is InChI=1S/C21H24O2SSi/c1-21(2,3)25(4,5)23-18-11-15(14-22)12-20-17(18)13-19(24-20)16-9-7-6-8-10-16/h6-14H,1-5H3. The van der Waals surface area contributed by atoms with Crippen LogP contribution in [0.15, 0.2) is 48.5 Å². The Morgan fingerprint density at radius 3 is 2.32 bits per heavy atom. The van der Waals surface area contributed by atoms with Gasteiger partial charge >= 0.3 is 0 Å². The predicted molar refractivity (Wildman–Crippen MR) is 110 cm³/mol. The molecule has 0 amide bonds. The first-order chi connectivity index (χ1) is 11.7. The molecule has 1 aromatic heterocycles. The second-order valence-electron chi connectivity index (χ2n) is 7.89. The van der Waals surface area contributed by atoms with Gasteiger partial charge in [-0.3, -0.25) is 4.79 Å². The van der Waals surface area contributed by atoms with Gasteiger partial charge in [-0.1, -0.05) is 51.1 Å². The molecule has 3 aromatic rings. The van der Waals surface area contributed by atoms with Gasteiger partial charge in [0.2, 0.25) is 0 Å². The highest BCUT2D eigenvalue weighted by atomic mass is 32.1. The molecular formula is C21H24O2SSi. The average molecular weight is 369 g/mol. The molecule has 0 saturated carbocycles. The second-order valence-corrected chi connectivity index (χ2v) is 13.7. The Morgan fingerprint density at radius 1 is 1.04 bits per heavy atom. The number of hydrogen-bond acceptors (Lipinski definition) is 3. The highest BCUT2D eigenvalue weighted by Gasteiger charge is 2.39. The monoisotopic (exact) mass is 368 g/mol. The third-order valence-electron chi connectivity index (χ3n) is 4.99. The molecule has 1 heterocycles. The van der Waals surface area contributed by atoms with Gasteiger partial charge in [0.15, 0.2) is 0 Å². The van der Waals surface area contributed by atoms with Crippen molar-refractivity contribution in [2.75, 3.05) is 0 Å². The molecule has 0 fully saturated rings. The Morgan fingerprint density at radius 2 is 1.72 bits per heavy atom. The van der Waals surface area contributed by atoms with Crippen LogP contribution >= 0.6 is 11.3 Å². The number of aldehydes is 1. The van der Waals surface area contributed by atoms with Gasteiger partial charge in [0.25, 0.3) is 8.32 Å². The lowest BCUT2D eigenvalue weighted by molar-refractivity contribution is 0.112. The first-order valence-electron chi connectivity index (χ1n) is 8.48. The lowest BCUT2D eigenvalue weighted by atomic mass is 10.1. The molecule has 25 heavy (non-hydrogen) atoms. The van der Waals surface area contributed by atoms with Gasteiger partial charge in [0, 0.05) is 20.5 Å². The number of benzene rings is 2. The number of carbonyl (C=O) groups is 1. The molecule has 130 valence electrons. The van der Waals surface area contributed by atoms with Crippen LogP contribution in [0, 0.1) is 0 Å². The summed E-state index contributed by atoms with van der Waals surface area (Å²) >= 11 is 1.70. The van der Waals surface area contributed by atoms with Gasteiger partial charge < -0.3 is 4.43 Å². The third-order valence-corrected chi connectivity index (χ3v) is 10.5. The predicted octanol–water partition coefficient (Wildman–Crippen LogP) is 6.76. The minimum Gasteiger partial charge on any atom is -0.543 e. The third kappa shape index (κ3) is 3.55. The topological polar surface area (TPSA) is 26.3 Å². The molecule has 0 bridgehead atoms. The maximum atomic E-state index is 11.4. The van der Waals surface area contributed by atoms with E-state index in [1.54, 1.807) is 11.3 Å². The minimum absolute atomic E-state index is 0.106. The van der Waals surface area contributed by atoms with E-state index in [-0.39, 0.29) is 5.04 Å². The molecule has 0 spiro atoms. The SMILES string of the molecule is CC(C)(C)[Si](C)(C)Oc1cc(C=O)cc2sc(-c3ccccc3)cc12. The number of carbonyl (C=O) groups excluding carboxylic acids is 1. The zero-order valence-corrected chi connectivity index (χ0v) is 17.2. The Bertz CT molecular complexity index is 905. The molecule has 0 aliphatic heterocycles. The fourth-order valence-corrected chi connectivity index (χ4v) is 4.61. The van der Waals surface area contributed by atoms with Crippen molar-refractivity contribution >= 4 is 36.0 Å². The van der Waals surface area contributed by atoms with Crippen molar-refractivity contribution in [3.63, 3.8) is 0 Å². The van der Waals surface area contributed by atoms with E-state index < -0.39 is 8.32 Å². The van der Waals surface area contributed by atoms with Gasteiger partial charge in [-0.05, 0) is 41.9 Å². The molecule has 3 rings (SSSR count). The van der Waals surface area contributed by atoms with E-state index >= 15 is 0 Å². The van der Waals surface area contributed by atoms with Crippen molar-refractivity contribution in [2.45, 2.75) is 38.9 Å². The molecule has 2 nitrogen and oxygen atoms in total. The van der Waals surface area contributed by atoms with Crippen LogP contribution in [0.4, 0.5) is 0 Å². The summed E-state index contributed by atoms with van der Waals surface area (Å²) in [7, 11) is -1.98. The zero-order valence-electron chi connectivity index (χ0n) is 15.4. The van der Waals surface area contributed by atoms with Crippen LogP contribution in [0.5, 0.6) is 5.75 Å². The highest BCUT2D eigenvalue weighted by molar-refractivity contribution is 7.22. The Hall–Kier alpha value is -1.91. The van der Waals surface area contributed by atoms with Crippen molar-refractivity contribution in [1.82, 2.24) is 0 Å². The van der Waals surface area contributed by atoms with E-state index in [9.17, 15) is 4.79 Å². The van der Waals surface area contributed by atoms with Crippen LogP contribution in [0.2, 0.25) is 18.1 Å². The summed E-state index contributed by atoms with van der Waals surface area (Å²) in [4.78, 5) is 12.6. The molecular weight excluding hydrogens is 344 g/mol. The summed E-state index contributed by atoms with van der Waals surface area (Å²) in [5, 5.41) is 1.20. The first-order valence-corrected chi connectivity index (χ1v) is 12.2. The fourth-order valence-electron chi connectivity index (χ4n) is 2.45. The van der Waals surface area contributed by atoms with Gasteiger partial charge in [0.1, 0.15) is 12.0 Å². The number of thiophene rings is 1. The van der Waals surface area contributed by atoms with E-state index in [4.69, 9.17) is 4.43 Å². The van der Waals surface area contributed by atoms with E-state index in [2.05, 4.69) is 52.1 Å². The van der Waals surface area contributed by atoms with Crippen LogP contribution in [0.25, 0.3) is 20.5 Å². The lowest BCUT2D eigenvalue weighted by Gasteiger charge is -2.36. The Kier molecular flexibility index (Phi) is 4.60. The van der Waals surface area contributed by atoms with E-state index in [1.807, 2.05) is 30.3 Å². The molecule has 0 N–H and O–H groups in total. The summed E-state index contributed by atoms with van der Waals surface area (Å²) in [6, 6.07) is 16.4. The second kappa shape index (κ2) is 6.43. The smallest absolute Gasteiger partial charge is 0.250 e. The highest BCUT2D eigenvalue weighted by Crippen LogP contribution is 2.43. The van der Waals surface area contributed by atoms with Gasteiger partial charge in [-0.15, -0.1) is 11.3 Å². The summed E-state index contributed by atoms with van der Waals surface area (Å²) < 4.78 is 7.65. The van der Waals surface area contributed by atoms with E-state index in [0.717, 1.165) is 22.1 Å².